The molecule has 0 saturated carbocycles. The lowest BCUT2D eigenvalue weighted by molar-refractivity contribution is 0.475. The second-order valence-corrected chi connectivity index (χ2v) is 4.44. The summed E-state index contributed by atoms with van der Waals surface area (Å²) < 4.78 is 39.6. The van der Waals surface area contributed by atoms with Gasteiger partial charge in [-0.05, 0) is 24.1 Å². The van der Waals surface area contributed by atoms with Crippen LogP contribution in [-0.4, -0.2) is 5.11 Å². The summed E-state index contributed by atoms with van der Waals surface area (Å²) in [4.78, 5) is 0. The highest BCUT2D eigenvalue weighted by Gasteiger charge is 2.14. The summed E-state index contributed by atoms with van der Waals surface area (Å²) in [6.07, 6.45) is 0.614. The summed E-state index contributed by atoms with van der Waals surface area (Å²) in [5.74, 6) is -3.04. The van der Waals surface area contributed by atoms with Crippen molar-refractivity contribution in [2.75, 3.05) is 5.32 Å². The van der Waals surface area contributed by atoms with Gasteiger partial charge in [0.2, 0.25) is 0 Å². The molecule has 0 bridgehead atoms. The number of nitrogens with one attached hydrogen (secondary N) is 1. The molecule has 0 aliphatic carbocycles. The molecule has 0 heterocycles. The van der Waals surface area contributed by atoms with Crippen LogP contribution < -0.4 is 5.32 Å². The molecule has 0 aliphatic heterocycles. The van der Waals surface area contributed by atoms with Crippen molar-refractivity contribution in [2.45, 2.75) is 19.4 Å². The number of hydrogen-bond donors (Lipinski definition) is 2. The van der Waals surface area contributed by atoms with Gasteiger partial charge in [0.25, 0.3) is 0 Å². The van der Waals surface area contributed by atoms with Gasteiger partial charge in [0.05, 0.1) is 11.7 Å². The molecule has 0 radical (unpaired) electrons. The molecule has 2 nitrogen and oxygen atoms in total. The largest absolute Gasteiger partial charge is 0.508 e. The highest BCUT2D eigenvalue weighted by Crippen LogP contribution is 2.27. The smallest absolute Gasteiger partial charge is 0.161 e. The van der Waals surface area contributed by atoms with E-state index in [1.807, 2.05) is 6.92 Å². The van der Waals surface area contributed by atoms with Crippen LogP contribution in [0.5, 0.6) is 5.75 Å². The van der Waals surface area contributed by atoms with Crippen LogP contribution in [0.25, 0.3) is 0 Å². The van der Waals surface area contributed by atoms with Gasteiger partial charge < -0.3 is 10.4 Å². The zero-order chi connectivity index (χ0) is 14.7. The molecule has 2 rings (SSSR count). The third-order valence-electron chi connectivity index (χ3n) is 3.04. The predicted molar refractivity (Wildman–Crippen MR) is 71.1 cm³/mol. The molecule has 0 spiro atoms. The standard InChI is InChI=1S/C15H14F3NO/c1-2-14(9-3-5-10(20)6-4-9)19-15-8-12(17)11(16)7-13(15)18/h3-8,14,19-20H,2H2,1H3. The molecule has 20 heavy (non-hydrogen) atoms. The zero-order valence-electron chi connectivity index (χ0n) is 10.8. The van der Waals surface area contributed by atoms with E-state index in [-0.39, 0.29) is 17.5 Å². The third kappa shape index (κ3) is 3.04. The van der Waals surface area contributed by atoms with Crippen molar-refractivity contribution in [3.63, 3.8) is 0 Å². The van der Waals surface area contributed by atoms with Crippen molar-refractivity contribution in [3.8, 4) is 5.75 Å². The highest BCUT2D eigenvalue weighted by molar-refractivity contribution is 5.47. The topological polar surface area (TPSA) is 32.3 Å². The van der Waals surface area contributed by atoms with Crippen LogP contribution in [0.2, 0.25) is 0 Å². The van der Waals surface area contributed by atoms with Gasteiger partial charge in [-0.1, -0.05) is 19.1 Å². The lowest BCUT2D eigenvalue weighted by Gasteiger charge is -2.19. The highest BCUT2D eigenvalue weighted by atomic mass is 19.2. The number of hydrogen-bond acceptors (Lipinski definition) is 2. The Kier molecular flexibility index (Phi) is 4.17. The quantitative estimate of drug-likeness (QED) is 0.815. The molecule has 2 aromatic carbocycles. The normalized spacial score (nSPS) is 12.2. The van der Waals surface area contributed by atoms with Gasteiger partial charge >= 0.3 is 0 Å². The zero-order valence-corrected chi connectivity index (χ0v) is 10.8. The molecular formula is C15H14F3NO. The Hall–Kier alpha value is -2.17. The Morgan fingerprint density at radius 3 is 2.20 bits per heavy atom. The second-order valence-electron chi connectivity index (χ2n) is 4.44. The molecule has 0 amide bonds. The Labute approximate surface area is 114 Å². The Balaban J connectivity index is 2.26. The van der Waals surface area contributed by atoms with Crippen molar-refractivity contribution in [2.24, 2.45) is 0 Å². The van der Waals surface area contributed by atoms with Crippen LogP contribution in [0.15, 0.2) is 36.4 Å². The first-order valence-corrected chi connectivity index (χ1v) is 6.21. The molecule has 0 fully saturated rings. The summed E-state index contributed by atoms with van der Waals surface area (Å²) in [6, 6.07) is 7.45. The molecule has 0 aliphatic rings. The van der Waals surface area contributed by atoms with Gasteiger partial charge in [-0.2, -0.15) is 0 Å². The van der Waals surface area contributed by atoms with Crippen LogP contribution in [-0.2, 0) is 0 Å². The first-order valence-electron chi connectivity index (χ1n) is 6.21. The summed E-state index contributed by atoms with van der Waals surface area (Å²) >= 11 is 0. The van der Waals surface area contributed by atoms with Crippen LogP contribution in [0.3, 0.4) is 0 Å². The van der Waals surface area contributed by atoms with Crippen molar-refractivity contribution >= 4 is 5.69 Å². The Bertz CT molecular complexity index is 599. The van der Waals surface area contributed by atoms with Crippen LogP contribution in [0.1, 0.15) is 24.9 Å². The van der Waals surface area contributed by atoms with E-state index in [0.717, 1.165) is 11.6 Å². The fourth-order valence-corrected chi connectivity index (χ4v) is 1.95. The van der Waals surface area contributed by atoms with Crippen LogP contribution in [0, 0.1) is 17.5 Å². The molecule has 1 atom stereocenters. The molecule has 0 saturated heterocycles. The summed E-state index contributed by atoms with van der Waals surface area (Å²) in [7, 11) is 0. The Morgan fingerprint density at radius 1 is 1.00 bits per heavy atom. The molecular weight excluding hydrogens is 267 g/mol. The van der Waals surface area contributed by atoms with E-state index >= 15 is 0 Å². The maximum Gasteiger partial charge on any atom is 0.161 e. The van der Waals surface area contributed by atoms with E-state index in [9.17, 15) is 18.3 Å². The fraction of sp³-hybridized carbons (Fsp3) is 0.200. The number of aromatic hydroxyl groups is 1. The van der Waals surface area contributed by atoms with Gasteiger partial charge in [0, 0.05) is 12.1 Å². The SMILES string of the molecule is CCC(Nc1cc(F)c(F)cc1F)c1ccc(O)cc1. The number of halogens is 3. The number of anilines is 1. The van der Waals surface area contributed by atoms with E-state index in [1.54, 1.807) is 12.1 Å². The molecule has 2 aromatic rings. The molecule has 106 valence electrons. The van der Waals surface area contributed by atoms with E-state index < -0.39 is 17.5 Å². The van der Waals surface area contributed by atoms with Gasteiger partial charge in [-0.25, -0.2) is 13.2 Å². The van der Waals surface area contributed by atoms with E-state index in [2.05, 4.69) is 5.32 Å². The van der Waals surface area contributed by atoms with Gasteiger partial charge in [0.15, 0.2) is 11.6 Å². The number of benzene rings is 2. The Morgan fingerprint density at radius 2 is 1.60 bits per heavy atom. The van der Waals surface area contributed by atoms with E-state index in [0.29, 0.717) is 12.5 Å². The molecule has 5 heteroatoms. The second kappa shape index (κ2) is 5.86. The summed E-state index contributed by atoms with van der Waals surface area (Å²) in [5, 5.41) is 12.1. The van der Waals surface area contributed by atoms with Crippen molar-refractivity contribution in [3.05, 3.63) is 59.4 Å². The first kappa shape index (κ1) is 14.2. The lowest BCUT2D eigenvalue weighted by atomic mass is 10.0. The third-order valence-corrected chi connectivity index (χ3v) is 3.04. The monoisotopic (exact) mass is 281 g/mol. The number of phenols is 1. The first-order chi connectivity index (χ1) is 9.51. The van der Waals surface area contributed by atoms with Crippen LogP contribution in [0.4, 0.5) is 18.9 Å². The number of phenolic OH excluding ortho intramolecular Hbond substituents is 1. The fourth-order valence-electron chi connectivity index (χ4n) is 1.95. The van der Waals surface area contributed by atoms with Gasteiger partial charge in [0.1, 0.15) is 11.6 Å². The maximum atomic E-state index is 13.6. The number of rotatable bonds is 4. The maximum absolute atomic E-state index is 13.6. The van der Waals surface area contributed by atoms with Gasteiger partial charge in [-0.15, -0.1) is 0 Å². The van der Waals surface area contributed by atoms with Crippen molar-refractivity contribution < 1.29 is 18.3 Å². The average Bonchev–Trinajstić information content (AvgIpc) is 2.42. The summed E-state index contributed by atoms with van der Waals surface area (Å²) in [5.41, 5.74) is 0.721. The minimum absolute atomic E-state index is 0.0937. The molecule has 0 aromatic heterocycles. The van der Waals surface area contributed by atoms with E-state index in [4.69, 9.17) is 0 Å². The van der Waals surface area contributed by atoms with Crippen molar-refractivity contribution in [1.82, 2.24) is 0 Å². The minimum Gasteiger partial charge on any atom is -0.508 e. The lowest BCUT2D eigenvalue weighted by Crippen LogP contribution is -2.11. The molecule has 1 unspecified atom stereocenters. The molecule has 2 N–H and O–H groups in total. The van der Waals surface area contributed by atoms with E-state index in [1.165, 1.54) is 12.1 Å². The average molecular weight is 281 g/mol. The summed E-state index contributed by atoms with van der Waals surface area (Å²) in [6.45, 7) is 1.88. The van der Waals surface area contributed by atoms with Crippen LogP contribution >= 0.6 is 0 Å². The predicted octanol–water partition coefficient (Wildman–Crippen LogP) is 4.37. The minimum atomic E-state index is -1.22. The van der Waals surface area contributed by atoms with Crippen molar-refractivity contribution in [1.29, 1.82) is 0 Å². The van der Waals surface area contributed by atoms with Gasteiger partial charge in [-0.3, -0.25) is 0 Å².